The van der Waals surface area contributed by atoms with Crippen LogP contribution in [0.25, 0.3) is 0 Å². The van der Waals surface area contributed by atoms with E-state index in [9.17, 15) is 9.59 Å². The van der Waals surface area contributed by atoms with E-state index >= 15 is 0 Å². The predicted octanol–water partition coefficient (Wildman–Crippen LogP) is 3.28. The van der Waals surface area contributed by atoms with Gasteiger partial charge in [-0.1, -0.05) is 6.92 Å². The number of hydrogen-bond acceptors (Lipinski definition) is 5. The molecule has 1 atom stereocenters. The first-order valence-corrected chi connectivity index (χ1v) is 9.15. The zero-order valence-corrected chi connectivity index (χ0v) is 15.1. The molecule has 0 bridgehead atoms. The molecule has 2 amide bonds. The zero-order chi connectivity index (χ0) is 17.8. The van der Waals surface area contributed by atoms with Crippen molar-refractivity contribution in [3.63, 3.8) is 0 Å². The maximum atomic E-state index is 12.5. The number of anilines is 1. The molecular formula is C18H21N3O3S. The minimum atomic E-state index is -0.261. The number of nitrogens with one attached hydrogen (secondary N) is 1. The second-order valence-corrected chi connectivity index (χ2v) is 7.08. The molecule has 1 saturated heterocycles. The van der Waals surface area contributed by atoms with Gasteiger partial charge in [0, 0.05) is 24.0 Å². The van der Waals surface area contributed by atoms with E-state index in [4.69, 9.17) is 4.74 Å². The van der Waals surface area contributed by atoms with Crippen molar-refractivity contribution < 1.29 is 14.3 Å². The lowest BCUT2D eigenvalue weighted by Gasteiger charge is -2.30. The van der Waals surface area contributed by atoms with Crippen LogP contribution in [-0.2, 0) is 0 Å². The molecule has 1 unspecified atom stereocenters. The van der Waals surface area contributed by atoms with Crippen molar-refractivity contribution in [2.24, 2.45) is 5.92 Å². The molecule has 2 aromatic rings. The summed E-state index contributed by atoms with van der Waals surface area (Å²) < 4.78 is 5.08. The third kappa shape index (κ3) is 4.17. The Morgan fingerprint density at radius 3 is 2.76 bits per heavy atom. The SMILES string of the molecule is COc1ccc(C(=O)Nc2nc(C(=O)N3CCCC(C)C3)cs2)cc1. The van der Waals surface area contributed by atoms with E-state index in [1.54, 1.807) is 36.8 Å². The first kappa shape index (κ1) is 17.4. The van der Waals surface area contributed by atoms with E-state index in [2.05, 4.69) is 17.2 Å². The molecule has 7 heteroatoms. The smallest absolute Gasteiger partial charge is 0.273 e. The minimum absolute atomic E-state index is 0.0623. The highest BCUT2D eigenvalue weighted by Crippen LogP contribution is 2.21. The number of benzene rings is 1. The number of hydrogen-bond donors (Lipinski definition) is 1. The molecule has 0 saturated carbocycles. The molecule has 0 aliphatic carbocycles. The van der Waals surface area contributed by atoms with Crippen LogP contribution in [0.4, 0.5) is 5.13 Å². The number of thiazole rings is 1. The van der Waals surface area contributed by atoms with Crippen LogP contribution in [0.5, 0.6) is 5.75 Å². The highest BCUT2D eigenvalue weighted by atomic mass is 32.1. The Hall–Kier alpha value is -2.41. The van der Waals surface area contributed by atoms with Gasteiger partial charge < -0.3 is 9.64 Å². The average molecular weight is 359 g/mol. The van der Waals surface area contributed by atoms with Crippen molar-refractivity contribution >= 4 is 28.3 Å². The highest BCUT2D eigenvalue weighted by molar-refractivity contribution is 7.14. The van der Waals surface area contributed by atoms with Gasteiger partial charge in [0.15, 0.2) is 5.13 Å². The van der Waals surface area contributed by atoms with Gasteiger partial charge in [0.2, 0.25) is 0 Å². The molecule has 1 fully saturated rings. The number of ether oxygens (including phenoxy) is 1. The molecule has 6 nitrogen and oxygen atoms in total. The summed E-state index contributed by atoms with van der Waals surface area (Å²) in [5.41, 5.74) is 0.901. The summed E-state index contributed by atoms with van der Waals surface area (Å²) >= 11 is 1.26. The van der Waals surface area contributed by atoms with Gasteiger partial charge in [-0.05, 0) is 43.0 Å². The fourth-order valence-electron chi connectivity index (χ4n) is 2.88. The third-order valence-corrected chi connectivity index (χ3v) is 5.00. The summed E-state index contributed by atoms with van der Waals surface area (Å²) in [5.74, 6) is 0.885. The number of likely N-dealkylation sites (tertiary alicyclic amines) is 1. The molecule has 1 aliphatic rings. The zero-order valence-electron chi connectivity index (χ0n) is 14.3. The number of piperidine rings is 1. The van der Waals surface area contributed by atoms with Crippen LogP contribution in [0.2, 0.25) is 0 Å². The van der Waals surface area contributed by atoms with Crippen LogP contribution >= 0.6 is 11.3 Å². The number of methoxy groups -OCH3 is 1. The lowest BCUT2D eigenvalue weighted by Crippen LogP contribution is -2.39. The molecule has 25 heavy (non-hydrogen) atoms. The molecule has 1 aromatic carbocycles. The molecule has 1 N–H and O–H groups in total. The molecule has 1 aliphatic heterocycles. The quantitative estimate of drug-likeness (QED) is 0.909. The van der Waals surface area contributed by atoms with Gasteiger partial charge in [-0.15, -0.1) is 11.3 Å². The van der Waals surface area contributed by atoms with Gasteiger partial charge in [-0.3, -0.25) is 14.9 Å². The number of aromatic nitrogens is 1. The number of amides is 2. The topological polar surface area (TPSA) is 71.5 Å². The molecule has 2 heterocycles. The van der Waals surface area contributed by atoms with Crippen molar-refractivity contribution in [2.45, 2.75) is 19.8 Å². The van der Waals surface area contributed by atoms with E-state index < -0.39 is 0 Å². The summed E-state index contributed by atoms with van der Waals surface area (Å²) in [6.45, 7) is 3.69. The molecule has 1 aromatic heterocycles. The number of carbonyl (C=O) groups excluding carboxylic acids is 2. The van der Waals surface area contributed by atoms with Gasteiger partial charge in [-0.2, -0.15) is 0 Å². The first-order chi connectivity index (χ1) is 12.1. The van der Waals surface area contributed by atoms with Crippen LogP contribution in [-0.4, -0.2) is 41.9 Å². The average Bonchev–Trinajstić information content (AvgIpc) is 3.09. The summed E-state index contributed by atoms with van der Waals surface area (Å²) in [6.07, 6.45) is 2.18. The Balaban J connectivity index is 1.64. The Kier molecular flexibility index (Phi) is 5.33. The van der Waals surface area contributed by atoms with Gasteiger partial charge in [-0.25, -0.2) is 4.98 Å². The fourth-order valence-corrected chi connectivity index (χ4v) is 3.56. The van der Waals surface area contributed by atoms with Crippen LogP contribution in [0.1, 0.15) is 40.6 Å². The third-order valence-electron chi connectivity index (χ3n) is 4.24. The fraction of sp³-hybridized carbons (Fsp3) is 0.389. The Morgan fingerprint density at radius 1 is 1.32 bits per heavy atom. The van der Waals surface area contributed by atoms with E-state index in [1.807, 2.05) is 4.90 Å². The van der Waals surface area contributed by atoms with E-state index in [-0.39, 0.29) is 11.8 Å². The first-order valence-electron chi connectivity index (χ1n) is 8.27. The molecule has 132 valence electrons. The monoisotopic (exact) mass is 359 g/mol. The van der Waals surface area contributed by atoms with Crippen molar-refractivity contribution in [1.29, 1.82) is 0 Å². The van der Waals surface area contributed by atoms with Gasteiger partial charge in [0.25, 0.3) is 11.8 Å². The van der Waals surface area contributed by atoms with E-state index in [0.717, 1.165) is 25.9 Å². The number of carbonyl (C=O) groups is 2. The molecule has 0 spiro atoms. The van der Waals surface area contributed by atoms with E-state index in [0.29, 0.717) is 28.1 Å². The van der Waals surface area contributed by atoms with Crippen molar-refractivity contribution in [3.8, 4) is 5.75 Å². The van der Waals surface area contributed by atoms with Gasteiger partial charge >= 0.3 is 0 Å². The Labute approximate surface area is 150 Å². The van der Waals surface area contributed by atoms with Crippen molar-refractivity contribution in [2.75, 3.05) is 25.5 Å². The van der Waals surface area contributed by atoms with E-state index in [1.165, 1.54) is 11.3 Å². The standard InChI is InChI=1S/C18H21N3O3S/c1-12-4-3-9-21(10-12)17(23)15-11-25-18(19-15)20-16(22)13-5-7-14(24-2)8-6-13/h5-8,11-12H,3-4,9-10H2,1-2H3,(H,19,20,22). The summed E-state index contributed by atoms with van der Waals surface area (Å²) in [4.78, 5) is 30.9. The largest absolute Gasteiger partial charge is 0.497 e. The maximum Gasteiger partial charge on any atom is 0.273 e. The molecule has 0 radical (unpaired) electrons. The lowest BCUT2D eigenvalue weighted by molar-refractivity contribution is 0.0677. The summed E-state index contributed by atoms with van der Waals surface area (Å²) in [5, 5.41) is 4.86. The van der Waals surface area contributed by atoms with Crippen LogP contribution in [0.3, 0.4) is 0 Å². The Morgan fingerprint density at radius 2 is 2.08 bits per heavy atom. The lowest BCUT2D eigenvalue weighted by atomic mass is 10.0. The molecule has 3 rings (SSSR count). The summed E-state index contributed by atoms with van der Waals surface area (Å²) in [6, 6.07) is 6.82. The van der Waals surface area contributed by atoms with Crippen LogP contribution in [0.15, 0.2) is 29.6 Å². The number of rotatable bonds is 4. The van der Waals surface area contributed by atoms with Crippen molar-refractivity contribution in [1.82, 2.24) is 9.88 Å². The second kappa shape index (κ2) is 7.65. The predicted molar refractivity (Wildman–Crippen MR) is 97.4 cm³/mol. The van der Waals surface area contributed by atoms with Gasteiger partial charge in [0.1, 0.15) is 11.4 Å². The molecular weight excluding hydrogens is 338 g/mol. The highest BCUT2D eigenvalue weighted by Gasteiger charge is 2.24. The summed E-state index contributed by atoms with van der Waals surface area (Å²) in [7, 11) is 1.58. The number of nitrogens with zero attached hydrogens (tertiary/aromatic N) is 2. The minimum Gasteiger partial charge on any atom is -0.497 e. The second-order valence-electron chi connectivity index (χ2n) is 6.22. The van der Waals surface area contributed by atoms with Crippen molar-refractivity contribution in [3.05, 3.63) is 40.9 Å². The Bertz CT molecular complexity index is 757. The van der Waals surface area contributed by atoms with Gasteiger partial charge in [0.05, 0.1) is 7.11 Å². The van der Waals surface area contributed by atoms with Crippen LogP contribution < -0.4 is 10.1 Å². The van der Waals surface area contributed by atoms with Crippen LogP contribution in [0, 0.1) is 5.92 Å². The maximum absolute atomic E-state index is 12.5. The normalized spacial score (nSPS) is 17.2.